The fourth-order valence-corrected chi connectivity index (χ4v) is 0.615. The summed E-state index contributed by atoms with van der Waals surface area (Å²) in [5.41, 5.74) is 0.214. The van der Waals surface area contributed by atoms with E-state index in [9.17, 15) is 9.81 Å². The largest absolute Gasteiger partial charge is 0.356 e. The number of H-pyrrole nitrogens is 2. The highest BCUT2D eigenvalue weighted by Gasteiger charge is 1.95. The first-order valence-corrected chi connectivity index (χ1v) is 3.63. The summed E-state index contributed by atoms with van der Waals surface area (Å²) < 4.78 is 9.62. The fraction of sp³-hybridized carbons (Fsp3) is 0.333. The van der Waals surface area contributed by atoms with E-state index in [1.807, 2.05) is 0 Å². The zero-order valence-electron chi connectivity index (χ0n) is 7.53. The van der Waals surface area contributed by atoms with Crippen molar-refractivity contribution in [3.05, 3.63) is 20.9 Å². The van der Waals surface area contributed by atoms with Gasteiger partial charge in [-0.25, -0.2) is 0 Å². The van der Waals surface area contributed by atoms with Crippen LogP contribution in [0.25, 0.3) is 11.4 Å². The monoisotopic (exact) mass is 200 g/mol. The first-order chi connectivity index (χ1) is 6.69. The van der Waals surface area contributed by atoms with Crippen LogP contribution in [0.3, 0.4) is 0 Å². The van der Waals surface area contributed by atoms with Crippen molar-refractivity contribution in [2.75, 3.05) is 0 Å². The number of rotatable bonds is 2. The van der Waals surface area contributed by atoms with Crippen molar-refractivity contribution < 1.29 is 9.05 Å². The summed E-state index contributed by atoms with van der Waals surface area (Å²) in [6.07, 6.45) is 0. The molecule has 1 heterocycles. The molecule has 0 amide bonds. The van der Waals surface area contributed by atoms with Crippen LogP contribution in [0.15, 0.2) is 19.4 Å². The van der Waals surface area contributed by atoms with E-state index in [-0.39, 0.29) is 22.5 Å². The molecule has 0 aliphatic rings. The average molecular weight is 200 g/mol. The van der Waals surface area contributed by atoms with Crippen molar-refractivity contribution in [3.8, 4) is 0 Å². The minimum Gasteiger partial charge on any atom is -0.356 e. The molecule has 0 aliphatic heterocycles. The van der Waals surface area contributed by atoms with Crippen LogP contribution in [0.5, 0.6) is 0 Å². The number of nitrogens with zero attached hydrogens (tertiary/aromatic N) is 2. The lowest BCUT2D eigenvalue weighted by Crippen LogP contribution is -2.19. The number of hydrogen-bond acceptors (Lipinski definition) is 6. The summed E-state index contributed by atoms with van der Waals surface area (Å²) in [6, 6.07) is 0. The Kier molecular flexibility index (Phi) is 3.00. The van der Waals surface area contributed by atoms with Gasteiger partial charge >= 0.3 is 0 Å². The summed E-state index contributed by atoms with van der Waals surface area (Å²) in [5, 5.41) is 9.81. The molecule has 1 rings (SSSR count). The molecule has 8 heteroatoms. The summed E-state index contributed by atoms with van der Waals surface area (Å²) in [5.74, 6) is 0. The van der Waals surface area contributed by atoms with E-state index in [2.05, 4.69) is 20.7 Å². The summed E-state index contributed by atoms with van der Waals surface area (Å²) in [7, 11) is 0. The van der Waals surface area contributed by atoms with Crippen LogP contribution in [0.2, 0.25) is 0 Å². The first kappa shape index (κ1) is 9.96. The van der Waals surface area contributed by atoms with Gasteiger partial charge in [0, 0.05) is 0 Å². The Labute approximate surface area is 76.9 Å². The Morgan fingerprint density at radius 2 is 1.36 bits per heavy atom. The van der Waals surface area contributed by atoms with Crippen molar-refractivity contribution in [3.63, 3.8) is 0 Å². The summed E-state index contributed by atoms with van der Waals surface area (Å²) in [4.78, 5) is 20.2. The summed E-state index contributed by atoms with van der Waals surface area (Å²) in [6.45, 7) is 2.86. The van der Waals surface area contributed by atoms with Gasteiger partial charge in [-0.3, -0.25) is 0 Å². The van der Waals surface area contributed by atoms with Crippen LogP contribution in [0, 0.1) is 9.81 Å². The third-order valence-corrected chi connectivity index (χ3v) is 1.42. The normalized spacial score (nSPS) is 14.4. The second kappa shape index (κ2) is 4.21. The lowest BCUT2D eigenvalue weighted by molar-refractivity contribution is 0.205. The van der Waals surface area contributed by atoms with E-state index in [4.69, 9.17) is 9.05 Å². The van der Waals surface area contributed by atoms with Gasteiger partial charge in [0.2, 0.25) is 0 Å². The van der Waals surface area contributed by atoms with Crippen LogP contribution >= 0.6 is 0 Å². The maximum absolute atomic E-state index is 10.1. The molecule has 0 saturated heterocycles. The highest BCUT2D eigenvalue weighted by atomic mass is 16.5. The molecule has 0 aliphatic carbocycles. The lowest BCUT2D eigenvalue weighted by atomic mass is 10.6. The van der Waals surface area contributed by atoms with E-state index in [1.54, 1.807) is 0 Å². The average Bonchev–Trinajstić information content (AvgIpc) is 2.27. The molecule has 14 heavy (non-hydrogen) atoms. The third-order valence-electron chi connectivity index (χ3n) is 1.42. The predicted molar refractivity (Wildman–Crippen MR) is 46.3 cm³/mol. The Hall–Kier alpha value is -2.12. The lowest BCUT2D eigenvalue weighted by Gasteiger charge is -1.91. The first-order valence-electron chi connectivity index (χ1n) is 3.63. The number of hydrogen-bond donors (Lipinski definition) is 2. The van der Waals surface area contributed by atoms with Gasteiger partial charge in [0.05, 0.1) is 0 Å². The number of aromatic amines is 2. The Morgan fingerprint density at radius 1 is 1.00 bits per heavy atom. The highest BCUT2D eigenvalue weighted by Crippen LogP contribution is 1.88. The quantitative estimate of drug-likeness (QED) is 0.673. The van der Waals surface area contributed by atoms with E-state index in [0.29, 0.717) is 0 Å². The van der Waals surface area contributed by atoms with Crippen LogP contribution in [0.1, 0.15) is 13.8 Å². The smallest absolute Gasteiger partial charge is 0.277 e. The van der Waals surface area contributed by atoms with Crippen molar-refractivity contribution in [2.24, 2.45) is 10.4 Å². The summed E-state index contributed by atoms with van der Waals surface area (Å²) >= 11 is 0. The van der Waals surface area contributed by atoms with Crippen LogP contribution in [-0.2, 0) is 0 Å². The van der Waals surface area contributed by atoms with E-state index >= 15 is 0 Å². The molecule has 0 saturated carbocycles. The second-order valence-electron chi connectivity index (χ2n) is 2.42. The zero-order chi connectivity index (χ0) is 10.6. The molecule has 0 bridgehead atoms. The van der Waals surface area contributed by atoms with Gasteiger partial charge in [-0.15, -0.1) is 9.81 Å². The molecule has 0 atom stereocenters. The van der Waals surface area contributed by atoms with Gasteiger partial charge < -0.3 is 9.05 Å². The van der Waals surface area contributed by atoms with Crippen molar-refractivity contribution in [1.29, 1.82) is 0 Å². The molecular weight excluding hydrogens is 192 g/mol. The van der Waals surface area contributed by atoms with Gasteiger partial charge in [0.15, 0.2) is 0 Å². The maximum atomic E-state index is 10.1. The molecule has 8 nitrogen and oxygen atoms in total. The molecular formula is C6H8N4O4. The van der Waals surface area contributed by atoms with Gasteiger partial charge in [-0.05, 0) is 24.2 Å². The molecule has 0 spiro atoms. The molecule has 1 aromatic rings. The van der Waals surface area contributed by atoms with Gasteiger partial charge in [-0.1, -0.05) is 0 Å². The topological polar surface area (TPSA) is 117 Å². The minimum atomic E-state index is 0.0300. The van der Waals surface area contributed by atoms with Crippen LogP contribution in [-0.4, -0.2) is 10.3 Å². The predicted octanol–water partition coefficient (Wildman–Crippen LogP) is 0.442. The number of aromatic nitrogens is 2. The number of nitrogens with one attached hydrogen (secondary N) is 2. The molecule has 0 fully saturated rings. The van der Waals surface area contributed by atoms with E-state index in [1.165, 1.54) is 13.8 Å². The second-order valence-corrected chi connectivity index (χ2v) is 2.42. The molecule has 0 radical (unpaired) electrons. The Morgan fingerprint density at radius 3 is 1.57 bits per heavy atom. The molecule has 1 aromatic heterocycles. The van der Waals surface area contributed by atoms with Gasteiger partial charge in [0.25, 0.3) is 11.1 Å². The standard InChI is InChI=1S/C6H8N4O4/c1-3(7-11)5-9-14-6(10-13-5)4(2)8-12/h9-10H,1-2H3/b5-3-,6-4-. The Bertz CT molecular complexity index is 415. The fourth-order valence-electron chi connectivity index (χ4n) is 0.615. The molecule has 0 unspecified atom stereocenters. The van der Waals surface area contributed by atoms with E-state index < -0.39 is 0 Å². The van der Waals surface area contributed by atoms with Crippen LogP contribution in [0.4, 0.5) is 0 Å². The minimum absolute atomic E-state index is 0.0300. The van der Waals surface area contributed by atoms with Gasteiger partial charge in [-0.2, -0.15) is 10.3 Å². The Balaban J connectivity index is 3.40. The van der Waals surface area contributed by atoms with Crippen molar-refractivity contribution in [1.82, 2.24) is 10.3 Å². The van der Waals surface area contributed by atoms with Crippen molar-refractivity contribution >= 4 is 11.4 Å². The van der Waals surface area contributed by atoms with Crippen molar-refractivity contribution in [2.45, 2.75) is 13.8 Å². The molecule has 0 aromatic carbocycles. The SMILES string of the molecule is C/C(N=O)=c1\[nH]o/c(=C(/C)N=O)[nH]o1. The molecule has 2 N–H and O–H groups in total. The van der Waals surface area contributed by atoms with Gasteiger partial charge in [0.1, 0.15) is 11.4 Å². The van der Waals surface area contributed by atoms with Crippen LogP contribution < -0.4 is 11.1 Å². The zero-order valence-corrected chi connectivity index (χ0v) is 7.53. The highest BCUT2D eigenvalue weighted by molar-refractivity contribution is 5.33. The molecule has 76 valence electrons. The van der Waals surface area contributed by atoms with E-state index in [0.717, 1.165) is 0 Å². The number of nitroso groups, excluding NO2 is 2. The third kappa shape index (κ3) is 1.97. The maximum Gasteiger partial charge on any atom is 0.277 e.